The van der Waals surface area contributed by atoms with E-state index in [9.17, 15) is 9.59 Å². The molecule has 0 aliphatic carbocycles. The van der Waals surface area contributed by atoms with Crippen LogP contribution >= 0.6 is 0 Å². The Morgan fingerprint density at radius 2 is 1.86 bits per heavy atom. The first-order valence-corrected chi connectivity index (χ1v) is 7.33. The number of hydrogen-bond donors (Lipinski definition) is 3. The number of benzene rings is 1. The van der Waals surface area contributed by atoms with Gasteiger partial charge in [-0.2, -0.15) is 0 Å². The fourth-order valence-corrected chi connectivity index (χ4v) is 1.89. The van der Waals surface area contributed by atoms with Crippen LogP contribution in [0.1, 0.15) is 38.7 Å². The molecule has 5 nitrogen and oxygen atoms in total. The first-order valence-electron chi connectivity index (χ1n) is 7.33. The van der Waals surface area contributed by atoms with Crippen LogP contribution in [0.4, 0.5) is 10.5 Å². The van der Waals surface area contributed by atoms with Crippen molar-refractivity contribution < 1.29 is 14.7 Å². The Hall–Kier alpha value is -2.04. The van der Waals surface area contributed by atoms with E-state index in [1.807, 2.05) is 12.1 Å². The number of carbonyl (C=O) groups excluding carboxylic acids is 1. The lowest BCUT2D eigenvalue weighted by Gasteiger charge is -2.09. The molecule has 0 unspecified atom stereocenters. The largest absolute Gasteiger partial charge is 0.481 e. The summed E-state index contributed by atoms with van der Waals surface area (Å²) in [6.07, 6.45) is 2.68. The molecule has 2 amide bonds. The van der Waals surface area contributed by atoms with E-state index in [2.05, 4.69) is 24.5 Å². The van der Waals surface area contributed by atoms with Gasteiger partial charge in [-0.15, -0.1) is 0 Å². The highest BCUT2D eigenvalue weighted by molar-refractivity contribution is 5.89. The number of carbonyl (C=O) groups is 2. The first-order chi connectivity index (χ1) is 9.97. The second kappa shape index (κ2) is 9.00. The van der Waals surface area contributed by atoms with Crippen molar-refractivity contribution in [2.24, 2.45) is 5.92 Å². The lowest BCUT2D eigenvalue weighted by molar-refractivity contribution is -0.136. The highest BCUT2D eigenvalue weighted by atomic mass is 16.4. The monoisotopic (exact) mass is 292 g/mol. The lowest BCUT2D eigenvalue weighted by atomic mass is 10.1. The van der Waals surface area contributed by atoms with Crippen LogP contribution in [-0.2, 0) is 11.2 Å². The molecule has 0 spiro atoms. The molecule has 0 heterocycles. The summed E-state index contributed by atoms with van der Waals surface area (Å²) in [7, 11) is 0. The van der Waals surface area contributed by atoms with E-state index >= 15 is 0 Å². The number of aryl methyl sites for hydroxylation is 1. The minimum Gasteiger partial charge on any atom is -0.481 e. The number of carboxylic acids is 1. The van der Waals surface area contributed by atoms with Crippen molar-refractivity contribution >= 4 is 17.7 Å². The summed E-state index contributed by atoms with van der Waals surface area (Å²) in [5.41, 5.74) is 1.65. The van der Waals surface area contributed by atoms with E-state index < -0.39 is 5.97 Å². The average molecular weight is 292 g/mol. The molecule has 1 rings (SSSR count). The van der Waals surface area contributed by atoms with Crippen molar-refractivity contribution in [1.29, 1.82) is 0 Å². The van der Waals surface area contributed by atoms with Crippen molar-refractivity contribution in [3.05, 3.63) is 29.8 Å². The Morgan fingerprint density at radius 1 is 1.19 bits per heavy atom. The Morgan fingerprint density at radius 3 is 2.43 bits per heavy atom. The SMILES string of the molecule is CC(C)CCCNC(=O)Nc1ccc(CCC(=O)O)cc1. The van der Waals surface area contributed by atoms with Gasteiger partial charge < -0.3 is 15.7 Å². The summed E-state index contributed by atoms with van der Waals surface area (Å²) in [6.45, 7) is 4.98. The maximum Gasteiger partial charge on any atom is 0.319 e. The Bertz CT molecular complexity index is 455. The average Bonchev–Trinajstić information content (AvgIpc) is 2.42. The van der Waals surface area contributed by atoms with E-state index in [-0.39, 0.29) is 12.5 Å². The van der Waals surface area contributed by atoms with Gasteiger partial charge in [0.2, 0.25) is 0 Å². The van der Waals surface area contributed by atoms with Gasteiger partial charge in [-0.25, -0.2) is 4.79 Å². The second-order valence-electron chi connectivity index (χ2n) is 5.51. The Kier molecular flexibility index (Phi) is 7.29. The minimum absolute atomic E-state index is 0.114. The highest BCUT2D eigenvalue weighted by Gasteiger charge is 2.03. The molecule has 5 heteroatoms. The minimum atomic E-state index is -0.807. The van der Waals surface area contributed by atoms with Gasteiger partial charge in [-0.3, -0.25) is 4.79 Å². The molecular formula is C16H24N2O3. The van der Waals surface area contributed by atoms with Crippen LogP contribution in [0, 0.1) is 5.92 Å². The summed E-state index contributed by atoms with van der Waals surface area (Å²) in [5.74, 6) is -0.161. The number of rotatable bonds is 8. The lowest BCUT2D eigenvalue weighted by Crippen LogP contribution is -2.29. The quantitative estimate of drug-likeness (QED) is 0.643. The van der Waals surface area contributed by atoms with Gasteiger partial charge in [0, 0.05) is 18.7 Å². The highest BCUT2D eigenvalue weighted by Crippen LogP contribution is 2.11. The molecule has 3 N–H and O–H groups in total. The second-order valence-corrected chi connectivity index (χ2v) is 5.51. The van der Waals surface area contributed by atoms with Gasteiger partial charge >= 0.3 is 12.0 Å². The van der Waals surface area contributed by atoms with Crippen molar-refractivity contribution in [3.63, 3.8) is 0 Å². The predicted molar refractivity (Wildman–Crippen MR) is 83.5 cm³/mol. The molecule has 0 saturated carbocycles. The zero-order chi connectivity index (χ0) is 15.7. The molecule has 0 atom stereocenters. The van der Waals surface area contributed by atoms with E-state index in [1.54, 1.807) is 12.1 Å². The molecule has 116 valence electrons. The molecule has 0 saturated heterocycles. The maximum atomic E-state index is 11.7. The smallest absolute Gasteiger partial charge is 0.319 e. The van der Waals surface area contributed by atoms with E-state index in [0.717, 1.165) is 18.4 Å². The third-order valence-electron chi connectivity index (χ3n) is 3.08. The Labute approximate surface area is 125 Å². The topological polar surface area (TPSA) is 78.4 Å². The van der Waals surface area contributed by atoms with Gasteiger partial charge in [0.1, 0.15) is 0 Å². The van der Waals surface area contributed by atoms with Crippen molar-refractivity contribution in [2.75, 3.05) is 11.9 Å². The molecule has 0 bridgehead atoms. The van der Waals surface area contributed by atoms with E-state index in [0.29, 0.717) is 24.6 Å². The van der Waals surface area contributed by atoms with Gasteiger partial charge in [-0.05, 0) is 42.9 Å². The molecule has 0 radical (unpaired) electrons. The third kappa shape index (κ3) is 7.97. The number of amides is 2. The summed E-state index contributed by atoms with van der Waals surface area (Å²) in [4.78, 5) is 22.1. The Balaban J connectivity index is 2.30. The normalized spacial score (nSPS) is 10.4. The molecular weight excluding hydrogens is 268 g/mol. The third-order valence-corrected chi connectivity index (χ3v) is 3.08. The van der Waals surface area contributed by atoms with Crippen LogP contribution in [0.5, 0.6) is 0 Å². The number of nitrogens with one attached hydrogen (secondary N) is 2. The number of hydrogen-bond acceptors (Lipinski definition) is 2. The number of urea groups is 1. The van der Waals surface area contributed by atoms with Crippen LogP contribution in [0.25, 0.3) is 0 Å². The fraction of sp³-hybridized carbons (Fsp3) is 0.500. The molecule has 0 aromatic heterocycles. The predicted octanol–water partition coefficient (Wildman–Crippen LogP) is 3.26. The van der Waals surface area contributed by atoms with Crippen LogP contribution in [0.3, 0.4) is 0 Å². The number of anilines is 1. The molecule has 21 heavy (non-hydrogen) atoms. The molecule has 0 aliphatic rings. The van der Waals surface area contributed by atoms with E-state index in [4.69, 9.17) is 5.11 Å². The van der Waals surface area contributed by atoms with Gasteiger partial charge in [0.05, 0.1) is 0 Å². The molecule has 1 aromatic rings. The fourth-order valence-electron chi connectivity index (χ4n) is 1.89. The van der Waals surface area contributed by atoms with Crippen LogP contribution in [0.2, 0.25) is 0 Å². The van der Waals surface area contributed by atoms with Crippen molar-refractivity contribution in [3.8, 4) is 0 Å². The molecule has 0 fully saturated rings. The zero-order valence-corrected chi connectivity index (χ0v) is 12.7. The van der Waals surface area contributed by atoms with Crippen molar-refractivity contribution in [2.45, 2.75) is 39.5 Å². The number of carboxylic acid groups (broad SMARTS) is 1. The number of aliphatic carboxylic acids is 1. The van der Waals surface area contributed by atoms with Crippen LogP contribution < -0.4 is 10.6 Å². The molecule has 0 aliphatic heterocycles. The summed E-state index contributed by atoms with van der Waals surface area (Å²) in [6, 6.07) is 7.02. The van der Waals surface area contributed by atoms with Crippen LogP contribution in [0.15, 0.2) is 24.3 Å². The van der Waals surface area contributed by atoms with Gasteiger partial charge in [-0.1, -0.05) is 26.0 Å². The van der Waals surface area contributed by atoms with Gasteiger partial charge in [0.25, 0.3) is 0 Å². The summed E-state index contributed by atoms with van der Waals surface area (Å²) in [5, 5.41) is 14.2. The van der Waals surface area contributed by atoms with Crippen LogP contribution in [-0.4, -0.2) is 23.7 Å². The van der Waals surface area contributed by atoms with Crippen molar-refractivity contribution in [1.82, 2.24) is 5.32 Å². The van der Waals surface area contributed by atoms with Gasteiger partial charge in [0.15, 0.2) is 0 Å². The summed E-state index contributed by atoms with van der Waals surface area (Å²) < 4.78 is 0. The standard InChI is InChI=1S/C16H24N2O3/c1-12(2)4-3-11-17-16(21)18-14-8-5-13(6-9-14)7-10-15(19)20/h5-6,8-9,12H,3-4,7,10-11H2,1-2H3,(H,19,20)(H2,17,18,21). The first kappa shape index (κ1) is 17.0. The maximum absolute atomic E-state index is 11.7. The zero-order valence-electron chi connectivity index (χ0n) is 12.7. The molecule has 1 aromatic carbocycles. The summed E-state index contributed by atoms with van der Waals surface area (Å²) >= 11 is 0. The van der Waals surface area contributed by atoms with E-state index in [1.165, 1.54) is 0 Å².